The number of rotatable bonds is 3. The molecule has 0 spiro atoms. The number of hydrogen-bond donors (Lipinski definition) is 1. The van der Waals surface area contributed by atoms with E-state index in [1.807, 2.05) is 43.0 Å². The van der Waals surface area contributed by atoms with Gasteiger partial charge in [-0.15, -0.1) is 0 Å². The van der Waals surface area contributed by atoms with Gasteiger partial charge >= 0.3 is 6.03 Å². The molecule has 0 bridgehead atoms. The number of carbonyl (C=O) groups excluding carboxylic acids is 1. The summed E-state index contributed by atoms with van der Waals surface area (Å²) in [4.78, 5) is 14.2. The van der Waals surface area contributed by atoms with Crippen molar-refractivity contribution in [2.24, 2.45) is 0 Å². The largest absolute Gasteiger partial charge is 0.497 e. The van der Waals surface area contributed by atoms with Gasteiger partial charge in [-0.2, -0.15) is 0 Å². The summed E-state index contributed by atoms with van der Waals surface area (Å²) in [6, 6.07) is 12.1. The van der Waals surface area contributed by atoms with E-state index < -0.39 is 0 Å². The maximum Gasteiger partial charge on any atom is 0.317 e. The molecule has 1 aliphatic rings. The Kier molecular flexibility index (Phi) is 4.90. The van der Waals surface area contributed by atoms with Gasteiger partial charge in [0.05, 0.1) is 19.3 Å². The van der Waals surface area contributed by atoms with Gasteiger partial charge in [-0.05, 0) is 48.4 Å². The fraction of sp³-hybridized carbons (Fsp3) is 0.421. The molecule has 1 fully saturated rings. The van der Waals surface area contributed by atoms with Crippen LogP contribution in [0.2, 0.25) is 0 Å². The number of amides is 2. The summed E-state index contributed by atoms with van der Waals surface area (Å²) in [5, 5.41) is 5.26. The molecule has 24 heavy (non-hydrogen) atoms. The van der Waals surface area contributed by atoms with E-state index >= 15 is 0 Å². The van der Waals surface area contributed by atoms with Gasteiger partial charge < -0.3 is 19.7 Å². The average molecular weight is 328 g/mol. The number of fused-ring (bicyclic) bond motifs is 1. The van der Waals surface area contributed by atoms with Crippen LogP contribution in [0.4, 0.5) is 4.79 Å². The van der Waals surface area contributed by atoms with E-state index in [-0.39, 0.29) is 18.2 Å². The maximum absolute atomic E-state index is 12.4. The van der Waals surface area contributed by atoms with Crippen LogP contribution in [0.3, 0.4) is 0 Å². The molecular weight excluding hydrogens is 304 g/mol. The number of nitrogens with one attached hydrogen (secondary N) is 1. The minimum atomic E-state index is -0.0353. The SMILES string of the molecule is COc1ccc2cc(CNC(=O)N3C[C@@H](C)O[C@@H](C)C3)ccc2c1. The Labute approximate surface area is 142 Å². The molecule has 0 saturated carbocycles. The molecule has 1 aliphatic heterocycles. The normalized spacial score (nSPS) is 20.9. The lowest BCUT2D eigenvalue weighted by Gasteiger charge is -2.35. The van der Waals surface area contributed by atoms with Crippen LogP contribution in [0, 0.1) is 0 Å². The maximum atomic E-state index is 12.4. The van der Waals surface area contributed by atoms with Crippen molar-refractivity contribution in [1.29, 1.82) is 0 Å². The van der Waals surface area contributed by atoms with Crippen LogP contribution in [-0.2, 0) is 11.3 Å². The first-order chi connectivity index (χ1) is 11.5. The molecule has 0 aromatic heterocycles. The van der Waals surface area contributed by atoms with Gasteiger partial charge in [-0.1, -0.05) is 18.2 Å². The molecule has 2 aromatic rings. The Hall–Kier alpha value is -2.27. The lowest BCUT2D eigenvalue weighted by atomic mass is 10.1. The summed E-state index contributed by atoms with van der Waals surface area (Å²) in [6.07, 6.45) is 0.158. The Morgan fingerprint density at radius 2 is 1.83 bits per heavy atom. The molecule has 1 N–H and O–H groups in total. The first kappa shape index (κ1) is 16.6. The number of benzene rings is 2. The summed E-state index contributed by atoms with van der Waals surface area (Å²) in [6.45, 7) is 5.77. The molecule has 2 aromatic carbocycles. The Balaban J connectivity index is 1.63. The van der Waals surface area contributed by atoms with Crippen molar-refractivity contribution in [3.05, 3.63) is 42.0 Å². The highest BCUT2D eigenvalue weighted by Crippen LogP contribution is 2.22. The van der Waals surface area contributed by atoms with E-state index in [1.165, 1.54) is 0 Å². The van der Waals surface area contributed by atoms with Crippen molar-refractivity contribution in [2.75, 3.05) is 20.2 Å². The summed E-state index contributed by atoms with van der Waals surface area (Å²) >= 11 is 0. The van der Waals surface area contributed by atoms with E-state index in [0.29, 0.717) is 19.6 Å². The molecule has 1 heterocycles. The fourth-order valence-corrected chi connectivity index (χ4v) is 3.14. The molecule has 0 aliphatic carbocycles. The number of carbonyl (C=O) groups is 1. The van der Waals surface area contributed by atoms with Gasteiger partial charge in [-0.25, -0.2) is 4.79 Å². The highest BCUT2D eigenvalue weighted by molar-refractivity contribution is 5.84. The highest BCUT2D eigenvalue weighted by atomic mass is 16.5. The molecule has 0 radical (unpaired) electrons. The second-order valence-electron chi connectivity index (χ2n) is 6.37. The van der Waals surface area contributed by atoms with Gasteiger partial charge in [0.15, 0.2) is 0 Å². The second kappa shape index (κ2) is 7.09. The third-order valence-electron chi connectivity index (χ3n) is 4.26. The standard InChI is InChI=1S/C19H24N2O3/c1-13-11-21(12-14(2)24-13)19(22)20-10-15-4-5-17-9-18(23-3)7-6-16(17)8-15/h4-9,13-14H,10-12H2,1-3H3,(H,20,22)/t13-,14+. The molecule has 5 nitrogen and oxygen atoms in total. The molecule has 1 saturated heterocycles. The Morgan fingerprint density at radius 1 is 1.17 bits per heavy atom. The zero-order chi connectivity index (χ0) is 17.1. The van der Waals surface area contributed by atoms with Crippen LogP contribution >= 0.6 is 0 Å². The first-order valence-electron chi connectivity index (χ1n) is 8.30. The van der Waals surface area contributed by atoms with E-state index in [9.17, 15) is 4.79 Å². The minimum Gasteiger partial charge on any atom is -0.497 e. The zero-order valence-electron chi connectivity index (χ0n) is 14.4. The molecule has 2 amide bonds. The fourth-order valence-electron chi connectivity index (χ4n) is 3.14. The van der Waals surface area contributed by atoms with Crippen LogP contribution in [0.5, 0.6) is 5.75 Å². The number of hydrogen-bond acceptors (Lipinski definition) is 3. The van der Waals surface area contributed by atoms with Crippen LogP contribution in [-0.4, -0.2) is 43.3 Å². The predicted molar refractivity (Wildman–Crippen MR) is 94.3 cm³/mol. The van der Waals surface area contributed by atoms with Crippen molar-refractivity contribution >= 4 is 16.8 Å². The van der Waals surface area contributed by atoms with Crippen molar-refractivity contribution in [3.8, 4) is 5.75 Å². The quantitative estimate of drug-likeness (QED) is 0.941. The number of urea groups is 1. The van der Waals surface area contributed by atoms with Crippen molar-refractivity contribution in [2.45, 2.75) is 32.6 Å². The molecule has 5 heteroatoms. The van der Waals surface area contributed by atoms with Crippen molar-refractivity contribution in [3.63, 3.8) is 0 Å². The third kappa shape index (κ3) is 3.79. The summed E-state index contributed by atoms with van der Waals surface area (Å²) in [5.41, 5.74) is 1.08. The van der Waals surface area contributed by atoms with E-state index in [4.69, 9.17) is 9.47 Å². The Morgan fingerprint density at radius 3 is 2.54 bits per heavy atom. The van der Waals surface area contributed by atoms with Gasteiger partial charge in [0.25, 0.3) is 0 Å². The molecule has 0 unspecified atom stereocenters. The van der Waals surface area contributed by atoms with Crippen LogP contribution in [0.15, 0.2) is 36.4 Å². The lowest BCUT2D eigenvalue weighted by molar-refractivity contribution is -0.0545. The molecule has 3 rings (SSSR count). The summed E-state index contributed by atoms with van der Waals surface area (Å²) < 4.78 is 10.9. The first-order valence-corrected chi connectivity index (χ1v) is 8.30. The van der Waals surface area contributed by atoms with E-state index in [2.05, 4.69) is 17.4 Å². The minimum absolute atomic E-state index is 0.0353. The second-order valence-corrected chi connectivity index (χ2v) is 6.37. The molecule has 2 atom stereocenters. The Bertz CT molecular complexity index is 722. The van der Waals surface area contributed by atoms with Gasteiger partial charge in [0, 0.05) is 19.6 Å². The van der Waals surface area contributed by atoms with Crippen molar-refractivity contribution < 1.29 is 14.3 Å². The van der Waals surface area contributed by atoms with Gasteiger partial charge in [0.1, 0.15) is 5.75 Å². The third-order valence-corrected chi connectivity index (χ3v) is 4.26. The van der Waals surface area contributed by atoms with Crippen molar-refractivity contribution in [1.82, 2.24) is 10.2 Å². The van der Waals surface area contributed by atoms with Crippen LogP contribution < -0.4 is 10.1 Å². The molecular formula is C19H24N2O3. The van der Waals surface area contributed by atoms with Gasteiger partial charge in [-0.3, -0.25) is 0 Å². The predicted octanol–water partition coefficient (Wildman–Crippen LogP) is 3.17. The number of ether oxygens (including phenoxy) is 2. The monoisotopic (exact) mass is 328 g/mol. The van der Waals surface area contributed by atoms with Gasteiger partial charge in [0.2, 0.25) is 0 Å². The lowest BCUT2D eigenvalue weighted by Crippen LogP contribution is -2.51. The number of methoxy groups -OCH3 is 1. The smallest absolute Gasteiger partial charge is 0.317 e. The topological polar surface area (TPSA) is 50.8 Å². The summed E-state index contributed by atoms with van der Waals surface area (Å²) in [7, 11) is 1.67. The van der Waals surface area contributed by atoms with Crippen LogP contribution in [0.1, 0.15) is 19.4 Å². The number of nitrogens with zero attached hydrogens (tertiary/aromatic N) is 1. The highest BCUT2D eigenvalue weighted by Gasteiger charge is 2.25. The molecule has 128 valence electrons. The van der Waals surface area contributed by atoms with E-state index in [0.717, 1.165) is 22.1 Å². The van der Waals surface area contributed by atoms with E-state index in [1.54, 1.807) is 7.11 Å². The van der Waals surface area contributed by atoms with Crippen LogP contribution in [0.25, 0.3) is 10.8 Å². The average Bonchev–Trinajstić information content (AvgIpc) is 2.58. The summed E-state index contributed by atoms with van der Waals surface area (Å²) in [5.74, 6) is 0.846. The zero-order valence-corrected chi connectivity index (χ0v) is 14.4. The number of morpholine rings is 1.